The van der Waals surface area contributed by atoms with E-state index in [0.717, 1.165) is 24.6 Å². The molecule has 1 saturated carbocycles. The molecule has 21 heavy (non-hydrogen) atoms. The number of aliphatic imine (C=N–C) groups is 1. The second-order valence-corrected chi connectivity index (χ2v) is 6.26. The lowest BCUT2D eigenvalue weighted by Crippen LogP contribution is -2.41. The second kappa shape index (κ2) is 7.51. The standard InChI is InChI=1S/C16H25N3O.HI/c1-17-15(18-11-14-5-10-20-12-14)19-9-8-16(13-19)6-3-2-4-7-16;/h5,10,12H,2-4,6-9,11,13H2,1H3,(H,17,18);1H. The maximum atomic E-state index is 5.10. The molecule has 3 rings (SSSR count). The number of halogens is 1. The van der Waals surface area contributed by atoms with Crippen molar-refractivity contribution in [2.24, 2.45) is 10.4 Å². The molecule has 1 aliphatic carbocycles. The van der Waals surface area contributed by atoms with Gasteiger partial charge in [0.05, 0.1) is 12.5 Å². The Morgan fingerprint density at radius 2 is 2.14 bits per heavy atom. The molecule has 1 spiro atoms. The maximum Gasteiger partial charge on any atom is 0.193 e. The van der Waals surface area contributed by atoms with E-state index >= 15 is 0 Å². The number of likely N-dealkylation sites (tertiary alicyclic amines) is 1. The van der Waals surface area contributed by atoms with Crippen LogP contribution in [0.2, 0.25) is 0 Å². The van der Waals surface area contributed by atoms with Crippen molar-refractivity contribution in [2.45, 2.75) is 45.1 Å². The summed E-state index contributed by atoms with van der Waals surface area (Å²) in [5.41, 5.74) is 1.74. The number of rotatable bonds is 2. The minimum atomic E-state index is 0. The molecule has 0 amide bonds. The molecule has 5 heteroatoms. The lowest BCUT2D eigenvalue weighted by molar-refractivity contribution is 0.203. The maximum absolute atomic E-state index is 5.10. The molecule has 1 aromatic rings. The predicted molar refractivity (Wildman–Crippen MR) is 96.0 cm³/mol. The molecule has 2 fully saturated rings. The normalized spacial score (nSPS) is 21.4. The highest BCUT2D eigenvalue weighted by molar-refractivity contribution is 14.0. The van der Waals surface area contributed by atoms with Crippen molar-refractivity contribution in [1.29, 1.82) is 0 Å². The van der Waals surface area contributed by atoms with E-state index in [2.05, 4.69) is 15.2 Å². The van der Waals surface area contributed by atoms with E-state index in [1.54, 1.807) is 12.5 Å². The zero-order chi connectivity index (χ0) is 13.8. The smallest absolute Gasteiger partial charge is 0.193 e. The third-order valence-corrected chi connectivity index (χ3v) is 4.89. The largest absolute Gasteiger partial charge is 0.472 e. The number of guanidine groups is 1. The van der Waals surface area contributed by atoms with Gasteiger partial charge in [-0.15, -0.1) is 24.0 Å². The minimum absolute atomic E-state index is 0. The summed E-state index contributed by atoms with van der Waals surface area (Å²) in [6, 6.07) is 1.99. The fourth-order valence-electron chi connectivity index (χ4n) is 3.73. The third-order valence-electron chi connectivity index (χ3n) is 4.89. The predicted octanol–water partition coefficient (Wildman–Crippen LogP) is 3.63. The summed E-state index contributed by atoms with van der Waals surface area (Å²) in [6.07, 6.45) is 11.9. The highest BCUT2D eigenvalue weighted by Gasteiger charge is 2.39. The van der Waals surface area contributed by atoms with Gasteiger partial charge in [-0.2, -0.15) is 0 Å². The van der Waals surface area contributed by atoms with Crippen LogP contribution in [-0.2, 0) is 6.54 Å². The van der Waals surface area contributed by atoms with Gasteiger partial charge in [0.1, 0.15) is 0 Å². The van der Waals surface area contributed by atoms with E-state index in [9.17, 15) is 0 Å². The molecule has 0 aromatic carbocycles. The average molecular weight is 403 g/mol. The van der Waals surface area contributed by atoms with Crippen molar-refractivity contribution < 1.29 is 4.42 Å². The van der Waals surface area contributed by atoms with Gasteiger partial charge in [-0.05, 0) is 30.7 Å². The molecule has 2 aliphatic rings. The number of hydrogen-bond acceptors (Lipinski definition) is 2. The van der Waals surface area contributed by atoms with Crippen LogP contribution < -0.4 is 5.32 Å². The lowest BCUT2D eigenvalue weighted by atomic mass is 9.73. The Hall–Kier alpha value is -0.720. The SMILES string of the molecule is CN=C(NCc1ccoc1)N1CCC2(CCCCC2)C1.I. The summed E-state index contributed by atoms with van der Waals surface area (Å²) in [6.45, 7) is 3.11. The monoisotopic (exact) mass is 403 g/mol. The van der Waals surface area contributed by atoms with Crippen LogP contribution in [0.3, 0.4) is 0 Å². The van der Waals surface area contributed by atoms with Crippen LogP contribution in [-0.4, -0.2) is 31.0 Å². The molecule has 1 aliphatic heterocycles. The van der Waals surface area contributed by atoms with E-state index in [1.807, 2.05) is 13.1 Å². The van der Waals surface area contributed by atoms with Crippen LogP contribution in [0.15, 0.2) is 28.0 Å². The Kier molecular flexibility index (Phi) is 5.96. The molecule has 0 unspecified atom stereocenters. The molecule has 1 N–H and O–H groups in total. The Morgan fingerprint density at radius 1 is 1.33 bits per heavy atom. The fourth-order valence-corrected chi connectivity index (χ4v) is 3.73. The third kappa shape index (κ3) is 3.93. The van der Waals surface area contributed by atoms with Crippen molar-refractivity contribution in [3.63, 3.8) is 0 Å². The molecule has 1 saturated heterocycles. The zero-order valence-corrected chi connectivity index (χ0v) is 15.1. The summed E-state index contributed by atoms with van der Waals surface area (Å²) in [5, 5.41) is 3.45. The fraction of sp³-hybridized carbons (Fsp3) is 0.688. The first-order valence-corrected chi connectivity index (χ1v) is 7.78. The molecular formula is C16H26IN3O. The van der Waals surface area contributed by atoms with E-state index < -0.39 is 0 Å². The molecule has 0 bridgehead atoms. The molecule has 0 radical (unpaired) electrons. The average Bonchev–Trinajstić information content (AvgIpc) is 3.12. The number of furan rings is 1. The van der Waals surface area contributed by atoms with Crippen molar-refractivity contribution in [3.05, 3.63) is 24.2 Å². The summed E-state index contributed by atoms with van der Waals surface area (Å²) in [4.78, 5) is 6.88. The van der Waals surface area contributed by atoms with Crippen LogP contribution >= 0.6 is 24.0 Å². The molecule has 1 aromatic heterocycles. The van der Waals surface area contributed by atoms with E-state index in [1.165, 1.54) is 45.1 Å². The number of hydrogen-bond donors (Lipinski definition) is 1. The first kappa shape index (κ1) is 16.6. The summed E-state index contributed by atoms with van der Waals surface area (Å²) in [7, 11) is 1.88. The van der Waals surface area contributed by atoms with Crippen molar-refractivity contribution in [2.75, 3.05) is 20.1 Å². The van der Waals surface area contributed by atoms with Crippen molar-refractivity contribution in [1.82, 2.24) is 10.2 Å². The molecule has 118 valence electrons. The quantitative estimate of drug-likeness (QED) is 0.466. The number of nitrogens with one attached hydrogen (secondary N) is 1. The molecule has 0 atom stereocenters. The van der Waals surface area contributed by atoms with E-state index in [0.29, 0.717) is 5.41 Å². The Morgan fingerprint density at radius 3 is 2.81 bits per heavy atom. The van der Waals surface area contributed by atoms with Gasteiger partial charge in [-0.3, -0.25) is 4.99 Å². The summed E-state index contributed by atoms with van der Waals surface area (Å²) < 4.78 is 5.10. The van der Waals surface area contributed by atoms with Crippen LogP contribution in [0.4, 0.5) is 0 Å². The molecule has 4 nitrogen and oxygen atoms in total. The van der Waals surface area contributed by atoms with E-state index in [-0.39, 0.29) is 24.0 Å². The second-order valence-electron chi connectivity index (χ2n) is 6.26. The Labute approximate surface area is 144 Å². The highest BCUT2D eigenvalue weighted by atomic mass is 127. The van der Waals surface area contributed by atoms with Gasteiger partial charge in [0.15, 0.2) is 5.96 Å². The topological polar surface area (TPSA) is 40.8 Å². The van der Waals surface area contributed by atoms with Crippen LogP contribution in [0.1, 0.15) is 44.1 Å². The van der Waals surface area contributed by atoms with Gasteiger partial charge >= 0.3 is 0 Å². The lowest BCUT2D eigenvalue weighted by Gasteiger charge is -2.33. The summed E-state index contributed by atoms with van der Waals surface area (Å²) >= 11 is 0. The van der Waals surface area contributed by atoms with Gasteiger partial charge in [-0.25, -0.2) is 0 Å². The summed E-state index contributed by atoms with van der Waals surface area (Å²) in [5.74, 6) is 1.04. The van der Waals surface area contributed by atoms with Gasteiger partial charge in [0, 0.05) is 32.2 Å². The highest BCUT2D eigenvalue weighted by Crippen LogP contribution is 2.43. The minimum Gasteiger partial charge on any atom is -0.472 e. The van der Waals surface area contributed by atoms with Crippen LogP contribution in [0, 0.1) is 5.41 Å². The van der Waals surface area contributed by atoms with Crippen molar-refractivity contribution >= 4 is 29.9 Å². The first-order valence-electron chi connectivity index (χ1n) is 7.78. The Bertz CT molecular complexity index is 452. The van der Waals surface area contributed by atoms with E-state index in [4.69, 9.17) is 4.42 Å². The zero-order valence-electron chi connectivity index (χ0n) is 12.8. The Balaban J connectivity index is 0.00000161. The van der Waals surface area contributed by atoms with Gasteiger partial charge in [-0.1, -0.05) is 19.3 Å². The van der Waals surface area contributed by atoms with Crippen molar-refractivity contribution in [3.8, 4) is 0 Å². The van der Waals surface area contributed by atoms with Gasteiger partial charge in [0.25, 0.3) is 0 Å². The van der Waals surface area contributed by atoms with Crippen LogP contribution in [0.25, 0.3) is 0 Å². The molecular weight excluding hydrogens is 377 g/mol. The van der Waals surface area contributed by atoms with Gasteiger partial charge in [0.2, 0.25) is 0 Å². The first-order chi connectivity index (χ1) is 9.81. The number of nitrogens with zero attached hydrogens (tertiary/aromatic N) is 2. The molecule has 2 heterocycles. The van der Waals surface area contributed by atoms with Crippen LogP contribution in [0.5, 0.6) is 0 Å². The van der Waals surface area contributed by atoms with Gasteiger partial charge < -0.3 is 14.6 Å².